The van der Waals surface area contributed by atoms with Gasteiger partial charge in [-0.25, -0.2) is 5.43 Å². The molecule has 0 bridgehead atoms. The molecule has 6 heteroatoms. The standard InChI is InChI=1S/C17H17ClN4O/c18-13(10-12-6-2-1-3-7-12)11-19-22-17(23)16-14-8-4-5-9-15(14)20-21-16/h1-3,6-7,10-11H,4-5,8-9H2,(H,20,21)(H,22,23). The number of hydrazone groups is 1. The van der Waals surface area contributed by atoms with Gasteiger partial charge in [0.2, 0.25) is 0 Å². The molecule has 5 nitrogen and oxygen atoms in total. The van der Waals surface area contributed by atoms with Crippen LogP contribution in [0.15, 0.2) is 40.5 Å². The number of allylic oxidation sites excluding steroid dienone is 1. The van der Waals surface area contributed by atoms with Crippen molar-refractivity contribution in [3.05, 3.63) is 57.9 Å². The third-order valence-corrected chi connectivity index (χ3v) is 3.94. The van der Waals surface area contributed by atoms with Crippen LogP contribution in [-0.4, -0.2) is 22.3 Å². The van der Waals surface area contributed by atoms with E-state index in [1.807, 2.05) is 30.3 Å². The Morgan fingerprint density at radius 1 is 1.26 bits per heavy atom. The normalized spacial score (nSPS) is 14.7. The van der Waals surface area contributed by atoms with Crippen molar-refractivity contribution in [3.63, 3.8) is 0 Å². The van der Waals surface area contributed by atoms with Gasteiger partial charge in [0.25, 0.3) is 5.91 Å². The minimum atomic E-state index is -0.315. The highest BCUT2D eigenvalue weighted by Gasteiger charge is 2.21. The molecule has 0 fully saturated rings. The number of nitrogens with zero attached hydrogens (tertiary/aromatic N) is 2. The van der Waals surface area contributed by atoms with E-state index in [1.54, 1.807) is 6.08 Å². The van der Waals surface area contributed by atoms with Crippen molar-refractivity contribution < 1.29 is 4.79 Å². The second kappa shape index (κ2) is 7.24. The van der Waals surface area contributed by atoms with E-state index < -0.39 is 0 Å². The van der Waals surface area contributed by atoms with Crippen LogP contribution >= 0.6 is 11.6 Å². The Hall–Kier alpha value is -2.40. The third-order valence-electron chi connectivity index (χ3n) is 3.73. The Kier molecular flexibility index (Phi) is 4.88. The molecule has 1 heterocycles. The summed E-state index contributed by atoms with van der Waals surface area (Å²) in [4.78, 5) is 12.1. The Labute approximate surface area is 139 Å². The van der Waals surface area contributed by atoms with E-state index in [0.717, 1.165) is 42.5 Å². The van der Waals surface area contributed by atoms with Crippen molar-refractivity contribution >= 4 is 29.8 Å². The zero-order valence-corrected chi connectivity index (χ0v) is 13.3. The molecule has 2 N–H and O–H groups in total. The average molecular weight is 329 g/mol. The molecule has 0 saturated carbocycles. The van der Waals surface area contributed by atoms with Gasteiger partial charge in [-0.2, -0.15) is 10.2 Å². The third kappa shape index (κ3) is 3.87. The summed E-state index contributed by atoms with van der Waals surface area (Å²) in [6.07, 6.45) is 7.23. The van der Waals surface area contributed by atoms with E-state index >= 15 is 0 Å². The van der Waals surface area contributed by atoms with Crippen LogP contribution in [0, 0.1) is 0 Å². The molecule has 1 aliphatic rings. The van der Waals surface area contributed by atoms with Crippen molar-refractivity contribution in [3.8, 4) is 0 Å². The molecule has 1 amide bonds. The number of carbonyl (C=O) groups excluding carboxylic acids is 1. The van der Waals surface area contributed by atoms with E-state index in [-0.39, 0.29) is 5.91 Å². The Bertz CT molecular complexity index is 749. The number of rotatable bonds is 4. The number of H-pyrrole nitrogens is 1. The van der Waals surface area contributed by atoms with Crippen molar-refractivity contribution in [2.24, 2.45) is 5.10 Å². The number of fused-ring (bicyclic) bond motifs is 1. The highest BCUT2D eigenvalue weighted by molar-refractivity contribution is 6.41. The lowest BCUT2D eigenvalue weighted by atomic mass is 9.96. The van der Waals surface area contributed by atoms with Crippen LogP contribution in [-0.2, 0) is 12.8 Å². The fraction of sp³-hybridized carbons (Fsp3) is 0.235. The summed E-state index contributed by atoms with van der Waals surface area (Å²) in [5.41, 5.74) is 5.95. The Balaban J connectivity index is 1.63. The summed E-state index contributed by atoms with van der Waals surface area (Å²) in [5.74, 6) is -0.315. The fourth-order valence-electron chi connectivity index (χ4n) is 2.62. The van der Waals surface area contributed by atoms with Gasteiger partial charge in [0.05, 0.1) is 11.2 Å². The summed E-state index contributed by atoms with van der Waals surface area (Å²) in [6, 6.07) is 9.66. The predicted molar refractivity (Wildman–Crippen MR) is 91.5 cm³/mol. The Morgan fingerprint density at radius 3 is 2.87 bits per heavy atom. The summed E-state index contributed by atoms with van der Waals surface area (Å²) in [5, 5.41) is 11.4. The zero-order valence-electron chi connectivity index (χ0n) is 12.6. The summed E-state index contributed by atoms with van der Waals surface area (Å²) in [7, 11) is 0. The van der Waals surface area contributed by atoms with Crippen LogP contribution in [0.4, 0.5) is 0 Å². The van der Waals surface area contributed by atoms with E-state index in [9.17, 15) is 4.79 Å². The Morgan fingerprint density at radius 2 is 2.04 bits per heavy atom. The van der Waals surface area contributed by atoms with Crippen molar-refractivity contribution in [1.82, 2.24) is 15.6 Å². The lowest BCUT2D eigenvalue weighted by Gasteiger charge is -2.10. The number of amides is 1. The maximum absolute atomic E-state index is 12.1. The van der Waals surface area contributed by atoms with Gasteiger partial charge in [-0.3, -0.25) is 9.89 Å². The maximum atomic E-state index is 12.1. The van der Waals surface area contributed by atoms with Gasteiger partial charge in [0.15, 0.2) is 5.69 Å². The fourth-order valence-corrected chi connectivity index (χ4v) is 2.79. The molecule has 118 valence electrons. The lowest BCUT2D eigenvalue weighted by molar-refractivity contribution is 0.0949. The smallest absolute Gasteiger partial charge is 0.281 e. The number of hydrogen-bond donors (Lipinski definition) is 2. The molecular weight excluding hydrogens is 312 g/mol. The summed E-state index contributed by atoms with van der Waals surface area (Å²) < 4.78 is 0. The van der Waals surface area contributed by atoms with E-state index in [2.05, 4.69) is 20.7 Å². The second-order valence-corrected chi connectivity index (χ2v) is 5.81. The van der Waals surface area contributed by atoms with Crippen LogP contribution in [0.25, 0.3) is 6.08 Å². The van der Waals surface area contributed by atoms with E-state index in [4.69, 9.17) is 11.6 Å². The molecule has 0 atom stereocenters. The average Bonchev–Trinajstić information content (AvgIpc) is 3.00. The number of benzene rings is 1. The topological polar surface area (TPSA) is 70.1 Å². The molecule has 2 aromatic rings. The van der Waals surface area contributed by atoms with Crippen molar-refractivity contribution in [1.29, 1.82) is 0 Å². The molecule has 23 heavy (non-hydrogen) atoms. The molecule has 1 aromatic carbocycles. The van der Waals surface area contributed by atoms with E-state index in [1.165, 1.54) is 6.21 Å². The second-order valence-electron chi connectivity index (χ2n) is 5.38. The summed E-state index contributed by atoms with van der Waals surface area (Å²) >= 11 is 6.08. The van der Waals surface area contributed by atoms with E-state index in [0.29, 0.717) is 10.7 Å². The minimum absolute atomic E-state index is 0.315. The lowest BCUT2D eigenvalue weighted by Crippen LogP contribution is -2.20. The van der Waals surface area contributed by atoms with Crippen molar-refractivity contribution in [2.75, 3.05) is 0 Å². The summed E-state index contributed by atoms with van der Waals surface area (Å²) in [6.45, 7) is 0. The monoisotopic (exact) mass is 328 g/mol. The first kappa shape index (κ1) is 15.5. The van der Waals surface area contributed by atoms with Gasteiger partial charge in [-0.05, 0) is 37.3 Å². The first-order valence-electron chi connectivity index (χ1n) is 7.56. The molecule has 1 aromatic heterocycles. The molecule has 1 aliphatic carbocycles. The van der Waals surface area contributed by atoms with Gasteiger partial charge in [-0.1, -0.05) is 41.9 Å². The molecule has 0 spiro atoms. The quantitative estimate of drug-likeness (QED) is 0.668. The van der Waals surface area contributed by atoms with Gasteiger partial charge >= 0.3 is 0 Å². The van der Waals surface area contributed by atoms with Crippen LogP contribution < -0.4 is 5.43 Å². The van der Waals surface area contributed by atoms with Gasteiger partial charge < -0.3 is 0 Å². The number of carbonyl (C=O) groups is 1. The SMILES string of the molecule is O=C(NN=CC(Cl)=Cc1ccccc1)c1n[nH]c2c1CCCC2. The molecule has 0 unspecified atom stereocenters. The number of nitrogens with one attached hydrogen (secondary N) is 2. The van der Waals surface area contributed by atoms with Crippen LogP contribution in [0.3, 0.4) is 0 Å². The largest absolute Gasteiger partial charge is 0.292 e. The number of hydrogen-bond acceptors (Lipinski definition) is 3. The number of aromatic nitrogens is 2. The highest BCUT2D eigenvalue weighted by atomic mass is 35.5. The number of aryl methyl sites for hydroxylation is 1. The number of halogens is 1. The van der Waals surface area contributed by atoms with Crippen LogP contribution in [0.2, 0.25) is 0 Å². The molecule has 3 rings (SSSR count). The first-order valence-corrected chi connectivity index (χ1v) is 7.93. The first-order chi connectivity index (χ1) is 11.2. The highest BCUT2D eigenvalue weighted by Crippen LogP contribution is 2.21. The molecule has 0 aliphatic heterocycles. The predicted octanol–water partition coefficient (Wildman–Crippen LogP) is 3.28. The van der Waals surface area contributed by atoms with Gasteiger partial charge in [-0.15, -0.1) is 0 Å². The van der Waals surface area contributed by atoms with Gasteiger partial charge in [0.1, 0.15) is 0 Å². The molecular formula is C17H17ClN4O. The van der Waals surface area contributed by atoms with Crippen molar-refractivity contribution in [2.45, 2.75) is 25.7 Å². The maximum Gasteiger partial charge on any atom is 0.292 e. The van der Waals surface area contributed by atoms with Crippen LogP contribution in [0.5, 0.6) is 0 Å². The van der Waals surface area contributed by atoms with Crippen LogP contribution in [0.1, 0.15) is 40.2 Å². The van der Waals surface area contributed by atoms with Gasteiger partial charge in [0, 0.05) is 11.3 Å². The number of aromatic amines is 1. The molecule has 0 saturated heterocycles. The molecule has 0 radical (unpaired) electrons. The minimum Gasteiger partial charge on any atom is -0.281 e. The zero-order chi connectivity index (χ0) is 16.1.